The van der Waals surface area contributed by atoms with Crippen molar-refractivity contribution in [2.75, 3.05) is 5.32 Å². The van der Waals surface area contributed by atoms with Gasteiger partial charge in [-0.25, -0.2) is 0 Å². The van der Waals surface area contributed by atoms with Gasteiger partial charge >= 0.3 is 0 Å². The van der Waals surface area contributed by atoms with Crippen molar-refractivity contribution >= 4 is 17.5 Å². The Morgan fingerprint density at radius 2 is 1.73 bits per heavy atom. The summed E-state index contributed by atoms with van der Waals surface area (Å²) in [4.78, 5) is 24.5. The van der Waals surface area contributed by atoms with Crippen molar-refractivity contribution in [1.29, 1.82) is 0 Å². The molecule has 0 fully saturated rings. The number of aryl methyl sites for hydroxylation is 1. The van der Waals surface area contributed by atoms with E-state index in [1.54, 1.807) is 36.4 Å². The average molecular weight is 346 g/mol. The van der Waals surface area contributed by atoms with Crippen LogP contribution in [-0.2, 0) is 6.42 Å². The zero-order chi connectivity index (χ0) is 17.9. The third-order valence-electron chi connectivity index (χ3n) is 4.59. The Labute approximate surface area is 151 Å². The number of anilines is 1. The largest absolute Gasteiger partial charge is 0.459 e. The van der Waals surface area contributed by atoms with Crippen LogP contribution in [0, 0.1) is 0 Å². The number of hydrogen-bond donors (Lipinski definition) is 2. The first kappa shape index (κ1) is 16.1. The van der Waals surface area contributed by atoms with Crippen molar-refractivity contribution in [3.05, 3.63) is 89.4 Å². The Morgan fingerprint density at radius 3 is 2.50 bits per heavy atom. The number of hydrogen-bond acceptors (Lipinski definition) is 3. The molecule has 3 aromatic rings. The highest BCUT2D eigenvalue weighted by atomic mass is 16.3. The highest BCUT2D eigenvalue weighted by Crippen LogP contribution is 2.30. The summed E-state index contributed by atoms with van der Waals surface area (Å²) in [7, 11) is 0. The molecule has 0 bridgehead atoms. The van der Waals surface area contributed by atoms with E-state index >= 15 is 0 Å². The Hall–Kier alpha value is -3.34. The fourth-order valence-corrected chi connectivity index (χ4v) is 3.25. The van der Waals surface area contributed by atoms with Crippen LogP contribution in [0.1, 0.15) is 44.5 Å². The molecule has 0 spiro atoms. The van der Waals surface area contributed by atoms with Crippen LogP contribution in [0.25, 0.3) is 0 Å². The second kappa shape index (κ2) is 6.88. The Bertz CT molecular complexity index is 930. The lowest BCUT2D eigenvalue weighted by molar-refractivity contribution is 0.0936. The summed E-state index contributed by atoms with van der Waals surface area (Å²) in [6, 6.07) is 18.3. The van der Waals surface area contributed by atoms with Crippen LogP contribution in [0.3, 0.4) is 0 Å². The average Bonchev–Trinajstić information content (AvgIpc) is 3.33. The predicted octanol–water partition coefficient (Wildman–Crippen LogP) is 3.95. The summed E-state index contributed by atoms with van der Waals surface area (Å²) in [6.07, 6.45) is 3.35. The molecule has 26 heavy (non-hydrogen) atoms. The highest BCUT2D eigenvalue weighted by Gasteiger charge is 2.23. The molecule has 1 unspecified atom stereocenters. The number of nitrogens with one attached hydrogen (secondary N) is 2. The van der Waals surface area contributed by atoms with Crippen LogP contribution in [0.4, 0.5) is 5.69 Å². The fraction of sp³-hybridized carbons (Fsp3) is 0.143. The van der Waals surface area contributed by atoms with Gasteiger partial charge in [0, 0.05) is 11.3 Å². The maximum atomic E-state index is 12.5. The first-order valence-corrected chi connectivity index (χ1v) is 8.54. The van der Waals surface area contributed by atoms with Crippen LogP contribution in [0.15, 0.2) is 71.3 Å². The molecule has 2 aromatic carbocycles. The Kier molecular flexibility index (Phi) is 4.27. The minimum atomic E-state index is -0.324. The van der Waals surface area contributed by atoms with Crippen molar-refractivity contribution in [2.45, 2.75) is 18.9 Å². The molecule has 2 amide bonds. The monoisotopic (exact) mass is 346 g/mol. The predicted molar refractivity (Wildman–Crippen MR) is 98.1 cm³/mol. The molecule has 1 aliphatic rings. The molecule has 1 aliphatic carbocycles. The van der Waals surface area contributed by atoms with Gasteiger partial charge in [0.2, 0.25) is 0 Å². The molecule has 1 heterocycles. The van der Waals surface area contributed by atoms with E-state index in [2.05, 4.69) is 22.8 Å². The molecular weight excluding hydrogens is 328 g/mol. The number of benzene rings is 2. The van der Waals surface area contributed by atoms with Crippen LogP contribution >= 0.6 is 0 Å². The molecule has 130 valence electrons. The van der Waals surface area contributed by atoms with Gasteiger partial charge in [-0.15, -0.1) is 0 Å². The molecule has 0 saturated carbocycles. The number of carbonyl (C=O) groups is 2. The lowest BCUT2D eigenvalue weighted by Crippen LogP contribution is -2.27. The van der Waals surface area contributed by atoms with Crippen molar-refractivity contribution in [2.24, 2.45) is 0 Å². The van der Waals surface area contributed by atoms with E-state index in [-0.39, 0.29) is 23.6 Å². The SMILES string of the molecule is O=C(NC1CCc2ccccc21)c1ccc(NC(=O)c2ccco2)cc1. The molecule has 0 aliphatic heterocycles. The summed E-state index contributed by atoms with van der Waals surface area (Å²) in [6.45, 7) is 0. The minimum absolute atomic E-state index is 0.0528. The van der Waals surface area contributed by atoms with Gasteiger partial charge in [-0.1, -0.05) is 24.3 Å². The molecule has 2 N–H and O–H groups in total. The number of rotatable bonds is 4. The Morgan fingerprint density at radius 1 is 0.923 bits per heavy atom. The van der Waals surface area contributed by atoms with Crippen molar-refractivity contribution < 1.29 is 14.0 Å². The molecule has 4 rings (SSSR count). The topological polar surface area (TPSA) is 71.3 Å². The molecule has 0 radical (unpaired) electrons. The molecule has 1 atom stereocenters. The maximum absolute atomic E-state index is 12.5. The minimum Gasteiger partial charge on any atom is -0.459 e. The van der Waals surface area contributed by atoms with Crippen molar-refractivity contribution in [3.8, 4) is 0 Å². The molecule has 5 nitrogen and oxygen atoms in total. The fourth-order valence-electron chi connectivity index (χ4n) is 3.25. The first-order valence-electron chi connectivity index (χ1n) is 8.54. The second-order valence-corrected chi connectivity index (χ2v) is 6.27. The first-order chi connectivity index (χ1) is 12.7. The van der Waals surface area contributed by atoms with Crippen LogP contribution in [0.5, 0.6) is 0 Å². The van der Waals surface area contributed by atoms with Gasteiger partial charge in [0.25, 0.3) is 11.8 Å². The quantitative estimate of drug-likeness (QED) is 0.751. The molecule has 0 saturated heterocycles. The van der Waals surface area contributed by atoms with Gasteiger partial charge in [-0.2, -0.15) is 0 Å². The van der Waals surface area contributed by atoms with Gasteiger partial charge in [0.05, 0.1) is 12.3 Å². The van der Waals surface area contributed by atoms with Crippen molar-refractivity contribution in [1.82, 2.24) is 5.32 Å². The van der Waals surface area contributed by atoms with Crippen LogP contribution < -0.4 is 10.6 Å². The van der Waals surface area contributed by atoms with Crippen molar-refractivity contribution in [3.63, 3.8) is 0 Å². The van der Waals surface area contributed by atoms with Gasteiger partial charge in [-0.3, -0.25) is 9.59 Å². The van der Waals surface area contributed by atoms with Gasteiger partial charge in [0.15, 0.2) is 5.76 Å². The third-order valence-corrected chi connectivity index (χ3v) is 4.59. The summed E-state index contributed by atoms with van der Waals surface area (Å²) in [5, 5.41) is 5.82. The summed E-state index contributed by atoms with van der Waals surface area (Å²) < 4.78 is 5.06. The normalized spacial score (nSPS) is 15.3. The number of fused-ring (bicyclic) bond motifs is 1. The number of furan rings is 1. The molecule has 5 heteroatoms. The van der Waals surface area contributed by atoms with E-state index in [4.69, 9.17) is 4.42 Å². The summed E-state index contributed by atoms with van der Waals surface area (Å²) >= 11 is 0. The molecule has 1 aromatic heterocycles. The maximum Gasteiger partial charge on any atom is 0.291 e. The number of amides is 2. The van der Waals surface area contributed by atoms with Crippen LogP contribution in [-0.4, -0.2) is 11.8 Å². The third kappa shape index (κ3) is 3.24. The summed E-state index contributed by atoms with van der Waals surface area (Å²) in [5.74, 6) is -0.197. The highest BCUT2D eigenvalue weighted by molar-refractivity contribution is 6.02. The van der Waals surface area contributed by atoms with E-state index in [9.17, 15) is 9.59 Å². The standard InChI is InChI=1S/C21H18N2O3/c24-20(23-18-12-9-14-4-1-2-5-17(14)18)15-7-10-16(11-8-15)22-21(25)19-6-3-13-26-19/h1-8,10-11,13,18H,9,12H2,(H,22,25)(H,23,24). The zero-order valence-electron chi connectivity index (χ0n) is 14.1. The van der Waals surface area contributed by atoms with E-state index in [0.29, 0.717) is 11.3 Å². The lowest BCUT2D eigenvalue weighted by atomic mass is 10.1. The Balaban J connectivity index is 1.41. The number of carbonyl (C=O) groups excluding carboxylic acids is 2. The smallest absolute Gasteiger partial charge is 0.291 e. The van der Waals surface area contributed by atoms with E-state index < -0.39 is 0 Å². The van der Waals surface area contributed by atoms with Gasteiger partial charge in [0.1, 0.15) is 0 Å². The molecular formula is C21H18N2O3. The van der Waals surface area contributed by atoms with E-state index in [0.717, 1.165) is 12.8 Å². The second-order valence-electron chi connectivity index (χ2n) is 6.27. The zero-order valence-corrected chi connectivity index (χ0v) is 14.1. The van der Waals surface area contributed by atoms with E-state index in [1.807, 2.05) is 12.1 Å². The summed E-state index contributed by atoms with van der Waals surface area (Å²) in [5.41, 5.74) is 3.66. The van der Waals surface area contributed by atoms with Gasteiger partial charge in [-0.05, 0) is 60.4 Å². The van der Waals surface area contributed by atoms with Gasteiger partial charge < -0.3 is 15.1 Å². The van der Waals surface area contributed by atoms with E-state index in [1.165, 1.54) is 17.4 Å². The lowest BCUT2D eigenvalue weighted by Gasteiger charge is -2.14. The van der Waals surface area contributed by atoms with Crippen LogP contribution in [0.2, 0.25) is 0 Å².